The molecule has 0 aliphatic heterocycles. The Balaban J connectivity index is 1.54. The van der Waals surface area contributed by atoms with E-state index in [2.05, 4.69) is 24.3 Å². The number of ether oxygens (including phenoxy) is 1. The lowest BCUT2D eigenvalue weighted by Crippen LogP contribution is -2.55. The van der Waals surface area contributed by atoms with E-state index >= 15 is 0 Å². The first-order chi connectivity index (χ1) is 12.9. The van der Waals surface area contributed by atoms with Crippen molar-refractivity contribution in [1.29, 1.82) is 0 Å². The van der Waals surface area contributed by atoms with Gasteiger partial charge in [0.05, 0.1) is 0 Å². The molecule has 1 atom stereocenters. The fourth-order valence-electron chi connectivity index (χ4n) is 4.12. The van der Waals surface area contributed by atoms with Crippen LogP contribution in [0.1, 0.15) is 36.8 Å². The van der Waals surface area contributed by atoms with Crippen LogP contribution in [0.25, 0.3) is 11.1 Å². The summed E-state index contributed by atoms with van der Waals surface area (Å²) in [6, 6.07) is 16.3. The normalized spacial score (nSPS) is 17.6. The Morgan fingerprint density at radius 2 is 1.59 bits per heavy atom. The van der Waals surface area contributed by atoms with Crippen molar-refractivity contribution in [2.75, 3.05) is 13.7 Å². The number of nitrogens with zero attached hydrogens (tertiary/aromatic N) is 1. The van der Waals surface area contributed by atoms with E-state index < -0.39 is 17.6 Å². The summed E-state index contributed by atoms with van der Waals surface area (Å²) in [5.74, 6) is -1.03. The number of hydrogen-bond acceptors (Lipinski definition) is 3. The second-order valence-electron chi connectivity index (χ2n) is 7.59. The van der Waals surface area contributed by atoms with Crippen molar-refractivity contribution in [3.05, 3.63) is 59.7 Å². The monoisotopic (exact) mass is 365 g/mol. The summed E-state index contributed by atoms with van der Waals surface area (Å²) in [6.07, 6.45) is 1.06. The van der Waals surface area contributed by atoms with E-state index in [0.29, 0.717) is 0 Å². The maximum absolute atomic E-state index is 12.6. The van der Waals surface area contributed by atoms with E-state index in [1.54, 1.807) is 6.92 Å². The standard InChI is InChI=1S/C22H23NO4/c1-22(20(24)25,14-11-12-14)23(2)21(26)27-13-19-17-9-5-3-7-15(17)16-8-4-6-10-18(16)19/h3-10,14,19H,11-13H2,1-2H3,(H,24,25). The maximum Gasteiger partial charge on any atom is 0.410 e. The molecule has 140 valence electrons. The maximum atomic E-state index is 12.6. The molecule has 27 heavy (non-hydrogen) atoms. The zero-order valence-corrected chi connectivity index (χ0v) is 15.5. The van der Waals surface area contributed by atoms with Crippen molar-refractivity contribution in [2.24, 2.45) is 5.92 Å². The number of benzene rings is 2. The van der Waals surface area contributed by atoms with E-state index in [0.717, 1.165) is 35.1 Å². The number of carbonyl (C=O) groups excluding carboxylic acids is 1. The van der Waals surface area contributed by atoms with Crippen LogP contribution in [0.3, 0.4) is 0 Å². The van der Waals surface area contributed by atoms with E-state index in [1.807, 2.05) is 24.3 Å². The predicted octanol–water partition coefficient (Wildman–Crippen LogP) is 4.12. The molecular formula is C22H23NO4. The van der Waals surface area contributed by atoms with Gasteiger partial charge in [-0.25, -0.2) is 9.59 Å². The van der Waals surface area contributed by atoms with Crippen LogP contribution in [0.2, 0.25) is 0 Å². The number of fused-ring (bicyclic) bond motifs is 3. The molecule has 2 aromatic rings. The van der Waals surface area contributed by atoms with E-state index in [1.165, 1.54) is 11.9 Å². The molecule has 2 aliphatic rings. The van der Waals surface area contributed by atoms with Gasteiger partial charge in [0.15, 0.2) is 0 Å². The first-order valence-electron chi connectivity index (χ1n) is 9.26. The van der Waals surface area contributed by atoms with E-state index in [4.69, 9.17) is 4.74 Å². The third kappa shape index (κ3) is 2.78. The molecule has 5 heteroatoms. The molecule has 1 amide bonds. The van der Waals surface area contributed by atoms with Gasteiger partial charge < -0.3 is 9.84 Å². The Hall–Kier alpha value is -2.82. The Labute approximate surface area is 158 Å². The molecule has 0 aromatic heterocycles. The molecule has 5 nitrogen and oxygen atoms in total. The van der Waals surface area contributed by atoms with Gasteiger partial charge in [-0.05, 0) is 47.9 Å². The Bertz CT molecular complexity index is 859. The smallest absolute Gasteiger partial charge is 0.410 e. The third-order valence-electron chi connectivity index (χ3n) is 6.11. The Morgan fingerprint density at radius 1 is 1.07 bits per heavy atom. The highest BCUT2D eigenvalue weighted by Crippen LogP contribution is 2.45. The number of amides is 1. The molecule has 0 bridgehead atoms. The van der Waals surface area contributed by atoms with Crippen molar-refractivity contribution in [3.8, 4) is 11.1 Å². The second-order valence-corrected chi connectivity index (χ2v) is 7.59. The molecular weight excluding hydrogens is 342 g/mol. The highest BCUT2D eigenvalue weighted by Gasteiger charge is 2.52. The van der Waals surface area contributed by atoms with E-state index in [9.17, 15) is 14.7 Å². The SMILES string of the molecule is CN(C(=O)OCC1c2ccccc2-c2ccccc21)C(C)(C(=O)O)C1CC1. The molecule has 1 N–H and O–H groups in total. The second kappa shape index (κ2) is 6.41. The highest BCUT2D eigenvalue weighted by molar-refractivity contribution is 5.85. The fourth-order valence-corrected chi connectivity index (χ4v) is 4.12. The molecule has 2 aromatic carbocycles. The fraction of sp³-hybridized carbons (Fsp3) is 0.364. The number of carbonyl (C=O) groups is 2. The van der Waals surface area contributed by atoms with Crippen molar-refractivity contribution in [2.45, 2.75) is 31.2 Å². The average molecular weight is 365 g/mol. The van der Waals surface area contributed by atoms with Gasteiger partial charge in [-0.15, -0.1) is 0 Å². The van der Waals surface area contributed by atoms with Crippen LogP contribution in [0.5, 0.6) is 0 Å². The zero-order valence-electron chi connectivity index (χ0n) is 15.5. The molecule has 2 aliphatic carbocycles. The third-order valence-corrected chi connectivity index (χ3v) is 6.11. The summed E-state index contributed by atoms with van der Waals surface area (Å²) in [6.45, 7) is 1.80. The molecule has 1 fully saturated rings. The number of hydrogen-bond donors (Lipinski definition) is 1. The van der Waals surface area contributed by atoms with Gasteiger partial charge in [0, 0.05) is 13.0 Å². The van der Waals surface area contributed by atoms with Crippen LogP contribution in [0, 0.1) is 5.92 Å². The summed E-state index contributed by atoms with van der Waals surface area (Å²) in [4.78, 5) is 25.7. The van der Waals surface area contributed by atoms with Gasteiger partial charge in [0.25, 0.3) is 0 Å². The minimum absolute atomic E-state index is 0.0134. The quantitative estimate of drug-likeness (QED) is 0.865. The summed E-state index contributed by atoms with van der Waals surface area (Å²) < 4.78 is 5.60. The van der Waals surface area contributed by atoms with E-state index in [-0.39, 0.29) is 18.4 Å². The summed E-state index contributed by atoms with van der Waals surface area (Å²) in [5.41, 5.74) is 3.38. The van der Waals surface area contributed by atoms with Crippen molar-refractivity contribution in [3.63, 3.8) is 0 Å². The van der Waals surface area contributed by atoms with Crippen LogP contribution in [0.15, 0.2) is 48.5 Å². The molecule has 1 unspecified atom stereocenters. The lowest BCUT2D eigenvalue weighted by atomic mass is 9.94. The van der Waals surface area contributed by atoms with Gasteiger partial charge in [-0.2, -0.15) is 0 Å². The van der Waals surface area contributed by atoms with Gasteiger partial charge in [0.2, 0.25) is 0 Å². The largest absolute Gasteiger partial charge is 0.479 e. The first kappa shape index (κ1) is 17.6. The predicted molar refractivity (Wildman–Crippen MR) is 102 cm³/mol. The van der Waals surface area contributed by atoms with Crippen molar-refractivity contribution < 1.29 is 19.4 Å². The van der Waals surface area contributed by atoms with Gasteiger partial charge in [-0.1, -0.05) is 48.5 Å². The number of carboxylic acids is 1. The molecule has 1 saturated carbocycles. The molecule has 0 radical (unpaired) electrons. The topological polar surface area (TPSA) is 66.8 Å². The summed E-state index contributed by atoms with van der Waals surface area (Å²) >= 11 is 0. The van der Waals surface area contributed by atoms with Crippen LogP contribution in [-0.4, -0.2) is 41.3 Å². The number of aliphatic carboxylic acids is 1. The van der Waals surface area contributed by atoms with Crippen LogP contribution < -0.4 is 0 Å². The van der Waals surface area contributed by atoms with Crippen LogP contribution in [-0.2, 0) is 9.53 Å². The average Bonchev–Trinajstić information content (AvgIpc) is 3.48. The summed E-state index contributed by atoms with van der Waals surface area (Å²) in [5, 5.41) is 9.65. The number of rotatable bonds is 5. The minimum Gasteiger partial charge on any atom is -0.479 e. The van der Waals surface area contributed by atoms with Gasteiger partial charge in [0.1, 0.15) is 12.1 Å². The van der Waals surface area contributed by atoms with Gasteiger partial charge >= 0.3 is 12.1 Å². The van der Waals surface area contributed by atoms with Crippen molar-refractivity contribution in [1.82, 2.24) is 4.90 Å². The zero-order chi connectivity index (χ0) is 19.2. The lowest BCUT2D eigenvalue weighted by Gasteiger charge is -2.34. The lowest BCUT2D eigenvalue weighted by molar-refractivity contribution is -0.150. The number of likely N-dealkylation sites (N-methyl/N-ethyl adjacent to an activating group) is 1. The van der Waals surface area contributed by atoms with Crippen molar-refractivity contribution >= 4 is 12.1 Å². The molecule has 0 saturated heterocycles. The molecule has 0 heterocycles. The summed E-state index contributed by atoms with van der Waals surface area (Å²) in [7, 11) is 1.52. The molecule has 0 spiro atoms. The Morgan fingerprint density at radius 3 is 2.07 bits per heavy atom. The first-order valence-corrected chi connectivity index (χ1v) is 9.26. The van der Waals surface area contributed by atoms with Gasteiger partial charge in [-0.3, -0.25) is 4.90 Å². The number of carboxylic acid groups (broad SMARTS) is 1. The van der Waals surface area contributed by atoms with Crippen LogP contribution in [0.4, 0.5) is 4.79 Å². The minimum atomic E-state index is -1.22. The highest BCUT2D eigenvalue weighted by atomic mass is 16.6. The molecule has 4 rings (SSSR count). The Kier molecular flexibility index (Phi) is 4.17. The van der Waals surface area contributed by atoms with Crippen LogP contribution >= 0.6 is 0 Å².